The van der Waals surface area contributed by atoms with Gasteiger partial charge in [-0.2, -0.15) is 0 Å². The van der Waals surface area contributed by atoms with Crippen LogP contribution in [0.4, 0.5) is 11.4 Å². The molecule has 0 saturated heterocycles. The number of sulfonamides is 1. The third kappa shape index (κ3) is 4.27. The van der Waals surface area contributed by atoms with E-state index in [0.29, 0.717) is 17.1 Å². The van der Waals surface area contributed by atoms with Crippen molar-refractivity contribution < 1.29 is 13.2 Å². The van der Waals surface area contributed by atoms with E-state index in [0.717, 1.165) is 27.7 Å². The number of nitrogens with zero attached hydrogens (tertiary/aromatic N) is 3. The third-order valence-corrected chi connectivity index (χ3v) is 6.72. The number of aromatic nitrogens is 3. The molecule has 0 aliphatic heterocycles. The van der Waals surface area contributed by atoms with Crippen molar-refractivity contribution in [2.45, 2.75) is 18.7 Å². The highest BCUT2D eigenvalue weighted by Gasteiger charge is 2.23. The van der Waals surface area contributed by atoms with E-state index in [1.165, 1.54) is 19.4 Å². The SMILES string of the molecule is C=C(Nc1cnc(OC)c(S(=O)(=O)Nc2c(C)cccc2C)c1)c1cn(C)c2ncccc12. The van der Waals surface area contributed by atoms with Gasteiger partial charge >= 0.3 is 0 Å². The Labute approximate surface area is 193 Å². The van der Waals surface area contributed by atoms with E-state index in [9.17, 15) is 8.42 Å². The maximum atomic E-state index is 13.3. The van der Waals surface area contributed by atoms with Crippen LogP contribution in [-0.4, -0.2) is 30.1 Å². The zero-order valence-electron chi connectivity index (χ0n) is 18.9. The van der Waals surface area contributed by atoms with Crippen LogP contribution in [0.5, 0.6) is 5.88 Å². The lowest BCUT2D eigenvalue weighted by Crippen LogP contribution is -2.16. The number of nitrogens with one attached hydrogen (secondary N) is 2. The molecule has 0 aliphatic rings. The Morgan fingerprint density at radius 3 is 2.55 bits per heavy atom. The van der Waals surface area contributed by atoms with Gasteiger partial charge in [-0.1, -0.05) is 24.8 Å². The first-order chi connectivity index (χ1) is 15.7. The van der Waals surface area contributed by atoms with Gasteiger partial charge in [-0.05, 0) is 43.2 Å². The van der Waals surface area contributed by atoms with Crippen molar-refractivity contribution in [3.63, 3.8) is 0 Å². The normalized spacial score (nSPS) is 11.4. The van der Waals surface area contributed by atoms with E-state index < -0.39 is 10.0 Å². The number of methoxy groups -OCH3 is 1. The molecule has 0 spiro atoms. The van der Waals surface area contributed by atoms with Crippen molar-refractivity contribution >= 4 is 38.1 Å². The van der Waals surface area contributed by atoms with Gasteiger partial charge in [0.1, 0.15) is 5.65 Å². The summed E-state index contributed by atoms with van der Waals surface area (Å²) in [5, 5.41) is 4.10. The van der Waals surface area contributed by atoms with Crippen LogP contribution in [0.25, 0.3) is 16.7 Å². The van der Waals surface area contributed by atoms with E-state index in [1.807, 2.05) is 62.0 Å². The molecular weight excluding hydrogens is 438 g/mol. The molecule has 3 aromatic heterocycles. The largest absolute Gasteiger partial charge is 0.480 e. The monoisotopic (exact) mass is 463 g/mol. The highest BCUT2D eigenvalue weighted by atomic mass is 32.2. The fourth-order valence-corrected chi connectivity index (χ4v) is 5.05. The molecule has 9 heteroatoms. The lowest BCUT2D eigenvalue weighted by Gasteiger charge is -2.16. The number of benzene rings is 1. The van der Waals surface area contributed by atoms with Crippen LogP contribution in [0.15, 0.2) is 66.5 Å². The first kappa shape index (κ1) is 22.3. The zero-order valence-corrected chi connectivity index (χ0v) is 19.7. The van der Waals surface area contributed by atoms with Gasteiger partial charge < -0.3 is 14.6 Å². The highest BCUT2D eigenvalue weighted by molar-refractivity contribution is 7.92. The molecule has 0 aliphatic carbocycles. The molecule has 8 nitrogen and oxygen atoms in total. The van der Waals surface area contributed by atoms with Gasteiger partial charge in [0.25, 0.3) is 10.0 Å². The van der Waals surface area contributed by atoms with Crippen LogP contribution in [-0.2, 0) is 17.1 Å². The number of hydrogen-bond acceptors (Lipinski definition) is 6. The maximum absolute atomic E-state index is 13.3. The number of fused-ring (bicyclic) bond motifs is 1. The summed E-state index contributed by atoms with van der Waals surface area (Å²) in [6, 6.07) is 10.9. The second-order valence-corrected chi connectivity index (χ2v) is 9.39. The molecule has 0 saturated carbocycles. The summed E-state index contributed by atoms with van der Waals surface area (Å²) in [5.41, 5.74) is 4.90. The Kier molecular flexibility index (Phi) is 5.82. The fraction of sp³-hybridized carbons (Fsp3) is 0.167. The lowest BCUT2D eigenvalue weighted by atomic mass is 10.1. The molecule has 4 aromatic rings. The zero-order chi connectivity index (χ0) is 23.8. The molecule has 0 unspecified atom stereocenters. The smallest absolute Gasteiger partial charge is 0.267 e. The summed E-state index contributed by atoms with van der Waals surface area (Å²) >= 11 is 0. The molecule has 0 amide bonds. The Bertz CT molecular complexity index is 1450. The second kappa shape index (κ2) is 8.59. The highest BCUT2D eigenvalue weighted by Crippen LogP contribution is 2.31. The molecule has 170 valence electrons. The Balaban J connectivity index is 1.69. The molecule has 33 heavy (non-hydrogen) atoms. The van der Waals surface area contributed by atoms with Gasteiger partial charge in [-0.15, -0.1) is 0 Å². The number of hydrogen-bond donors (Lipinski definition) is 2. The van der Waals surface area contributed by atoms with Gasteiger partial charge in [0.15, 0.2) is 4.90 Å². The Hall–Kier alpha value is -3.85. The van der Waals surface area contributed by atoms with Crippen molar-refractivity contribution in [3.05, 3.63) is 78.3 Å². The number of pyridine rings is 2. The Morgan fingerprint density at radius 2 is 1.85 bits per heavy atom. The van der Waals surface area contributed by atoms with Crippen LogP contribution in [0, 0.1) is 13.8 Å². The van der Waals surface area contributed by atoms with Crippen molar-refractivity contribution in [1.29, 1.82) is 0 Å². The Morgan fingerprint density at radius 1 is 1.12 bits per heavy atom. The predicted molar refractivity (Wildman–Crippen MR) is 131 cm³/mol. The first-order valence-electron chi connectivity index (χ1n) is 10.2. The van der Waals surface area contributed by atoms with Crippen molar-refractivity contribution in [2.75, 3.05) is 17.1 Å². The number of anilines is 2. The molecule has 0 radical (unpaired) electrons. The molecule has 0 fully saturated rings. The van der Waals surface area contributed by atoms with E-state index >= 15 is 0 Å². The molecule has 2 N–H and O–H groups in total. The minimum absolute atomic E-state index is 0.000685. The summed E-state index contributed by atoms with van der Waals surface area (Å²) < 4.78 is 36.4. The summed E-state index contributed by atoms with van der Waals surface area (Å²) in [6.07, 6.45) is 5.16. The average Bonchev–Trinajstić information content (AvgIpc) is 3.13. The molecule has 0 bridgehead atoms. The van der Waals surface area contributed by atoms with Gasteiger partial charge in [0.2, 0.25) is 5.88 Å². The van der Waals surface area contributed by atoms with Crippen molar-refractivity contribution in [1.82, 2.24) is 14.5 Å². The molecule has 3 heterocycles. The van der Waals surface area contributed by atoms with E-state index in [-0.39, 0.29) is 10.8 Å². The van der Waals surface area contributed by atoms with Crippen LogP contribution >= 0.6 is 0 Å². The van der Waals surface area contributed by atoms with E-state index in [2.05, 4.69) is 26.6 Å². The number of ether oxygens (including phenoxy) is 1. The molecule has 1 aromatic carbocycles. The van der Waals surface area contributed by atoms with Crippen LogP contribution in [0.2, 0.25) is 0 Å². The third-order valence-electron chi connectivity index (χ3n) is 5.37. The van der Waals surface area contributed by atoms with Crippen LogP contribution in [0.3, 0.4) is 0 Å². The minimum Gasteiger partial charge on any atom is -0.480 e. The summed E-state index contributed by atoms with van der Waals surface area (Å²) in [6.45, 7) is 7.83. The fourth-order valence-electron chi connectivity index (χ4n) is 3.71. The maximum Gasteiger partial charge on any atom is 0.267 e. The summed E-state index contributed by atoms with van der Waals surface area (Å²) in [7, 11) is -0.684. The van der Waals surface area contributed by atoms with E-state index in [1.54, 1.807) is 6.20 Å². The topological polar surface area (TPSA) is 98.1 Å². The standard InChI is InChI=1S/C24H25N5O3S/c1-15-8-6-9-16(2)22(15)28-33(30,31)21-12-18(13-26-24(21)32-5)27-17(3)20-14-29(4)23-19(20)10-7-11-25-23/h6-14,27-28H,3H2,1-2,4-5H3. The molecular formula is C24H25N5O3S. The van der Waals surface area contributed by atoms with Gasteiger partial charge in [0, 0.05) is 36.1 Å². The van der Waals surface area contributed by atoms with Gasteiger partial charge in [-0.3, -0.25) is 4.72 Å². The first-order valence-corrected chi connectivity index (χ1v) is 11.7. The van der Waals surface area contributed by atoms with Crippen LogP contribution < -0.4 is 14.8 Å². The van der Waals surface area contributed by atoms with E-state index in [4.69, 9.17) is 4.74 Å². The quantitative estimate of drug-likeness (QED) is 0.419. The summed E-state index contributed by atoms with van der Waals surface area (Å²) in [5.74, 6) is -0.000685. The average molecular weight is 464 g/mol. The number of para-hydroxylation sites is 1. The van der Waals surface area contributed by atoms with Gasteiger partial charge in [0.05, 0.1) is 24.7 Å². The molecule has 4 rings (SSSR count). The van der Waals surface area contributed by atoms with Crippen LogP contribution in [0.1, 0.15) is 16.7 Å². The molecule has 0 atom stereocenters. The van der Waals surface area contributed by atoms with Crippen molar-refractivity contribution in [3.8, 4) is 5.88 Å². The summed E-state index contributed by atoms with van der Waals surface area (Å²) in [4.78, 5) is 8.51. The second-order valence-electron chi connectivity index (χ2n) is 7.74. The van der Waals surface area contributed by atoms with Crippen molar-refractivity contribution in [2.24, 2.45) is 7.05 Å². The minimum atomic E-state index is -3.98. The number of rotatable bonds is 7. The van der Waals surface area contributed by atoms with Gasteiger partial charge in [-0.25, -0.2) is 18.4 Å². The predicted octanol–water partition coefficient (Wildman–Crippen LogP) is 4.48. The lowest BCUT2D eigenvalue weighted by molar-refractivity contribution is 0.385. The number of aryl methyl sites for hydroxylation is 3.